The van der Waals surface area contributed by atoms with Gasteiger partial charge < -0.3 is 14.8 Å². The molecule has 0 fully saturated rings. The third-order valence-corrected chi connectivity index (χ3v) is 5.59. The summed E-state index contributed by atoms with van der Waals surface area (Å²) in [7, 11) is 0. The Morgan fingerprint density at radius 1 is 1.10 bits per heavy atom. The van der Waals surface area contributed by atoms with Crippen LogP contribution in [0.25, 0.3) is 10.2 Å². The summed E-state index contributed by atoms with van der Waals surface area (Å²) >= 11 is 1.32. The van der Waals surface area contributed by atoms with Gasteiger partial charge in [-0.1, -0.05) is 24.3 Å². The topological polar surface area (TPSA) is 86.2 Å². The largest absolute Gasteiger partial charge is 0.462 e. The minimum Gasteiger partial charge on any atom is -0.462 e. The Morgan fingerprint density at radius 2 is 1.93 bits per heavy atom. The van der Waals surface area contributed by atoms with Crippen molar-refractivity contribution in [2.24, 2.45) is 0 Å². The molecule has 1 N–H and O–H groups in total. The molecule has 3 heterocycles. The molecule has 0 bridgehead atoms. The maximum atomic E-state index is 12.2. The van der Waals surface area contributed by atoms with Gasteiger partial charge in [-0.3, -0.25) is 0 Å². The number of nitrogens with one attached hydrogen (secondary N) is 1. The van der Waals surface area contributed by atoms with Gasteiger partial charge in [0, 0.05) is 18.8 Å². The van der Waals surface area contributed by atoms with Crippen LogP contribution in [0, 0.1) is 6.92 Å². The Labute approximate surface area is 177 Å². The van der Waals surface area contributed by atoms with Crippen LogP contribution in [-0.2, 0) is 11.3 Å². The van der Waals surface area contributed by atoms with Gasteiger partial charge in [0.05, 0.1) is 12.0 Å². The van der Waals surface area contributed by atoms with Gasteiger partial charge in [-0.25, -0.2) is 19.7 Å². The minimum absolute atomic E-state index is 0.331. The van der Waals surface area contributed by atoms with Crippen LogP contribution in [0.5, 0.6) is 11.6 Å². The number of carbonyl (C=O) groups is 1. The van der Waals surface area contributed by atoms with Crippen molar-refractivity contribution in [1.82, 2.24) is 15.0 Å². The number of para-hydroxylation sites is 1. The molecule has 0 aliphatic carbocycles. The average molecular weight is 420 g/mol. The predicted octanol–water partition coefficient (Wildman–Crippen LogP) is 4.98. The number of carbonyl (C=O) groups excluding carboxylic acids is 1. The Kier molecular flexibility index (Phi) is 5.85. The number of thiophene rings is 1. The Balaban J connectivity index is 1.49. The van der Waals surface area contributed by atoms with Crippen LogP contribution in [0.3, 0.4) is 0 Å². The molecule has 0 saturated carbocycles. The van der Waals surface area contributed by atoms with Gasteiger partial charge in [-0.05, 0) is 37.1 Å². The molecule has 1 aromatic carbocycles. The highest BCUT2D eigenvalue weighted by atomic mass is 32.1. The van der Waals surface area contributed by atoms with Crippen LogP contribution in [0.4, 0.5) is 5.82 Å². The highest BCUT2D eigenvalue weighted by molar-refractivity contribution is 7.20. The molecular formula is C22H20N4O3S. The third-order valence-electron chi connectivity index (χ3n) is 4.41. The summed E-state index contributed by atoms with van der Waals surface area (Å²) in [5.41, 5.74) is 1.79. The van der Waals surface area contributed by atoms with E-state index < -0.39 is 0 Å². The summed E-state index contributed by atoms with van der Waals surface area (Å²) < 4.78 is 10.9. The number of fused-ring (bicyclic) bond motifs is 1. The van der Waals surface area contributed by atoms with E-state index in [1.165, 1.54) is 17.7 Å². The molecule has 0 amide bonds. The van der Waals surface area contributed by atoms with Crippen LogP contribution in [-0.4, -0.2) is 27.5 Å². The molecule has 0 aliphatic heterocycles. The third kappa shape index (κ3) is 4.23. The van der Waals surface area contributed by atoms with Crippen molar-refractivity contribution in [3.8, 4) is 11.6 Å². The van der Waals surface area contributed by atoms with E-state index in [0.29, 0.717) is 29.7 Å². The van der Waals surface area contributed by atoms with Gasteiger partial charge in [-0.15, -0.1) is 11.3 Å². The first-order valence-electron chi connectivity index (χ1n) is 9.48. The first-order valence-corrected chi connectivity index (χ1v) is 10.3. The standard InChI is InChI=1S/C22H20N4O3S/c1-3-28-22(27)19-14(2)18-20(25-13-26-21(18)30-19)24-12-15-9-10-17(23-11-15)29-16-7-5-4-6-8-16/h4-11,13H,3,12H2,1-2H3,(H,24,25,26). The Bertz CT molecular complexity index is 1160. The van der Waals surface area contributed by atoms with Gasteiger partial charge in [-0.2, -0.15) is 0 Å². The van der Waals surface area contributed by atoms with Gasteiger partial charge >= 0.3 is 5.97 Å². The zero-order valence-electron chi connectivity index (χ0n) is 16.6. The van der Waals surface area contributed by atoms with E-state index in [4.69, 9.17) is 9.47 Å². The highest BCUT2D eigenvalue weighted by Crippen LogP contribution is 2.33. The van der Waals surface area contributed by atoms with E-state index in [1.807, 2.05) is 49.4 Å². The molecule has 0 atom stereocenters. The van der Waals surface area contributed by atoms with Crippen molar-refractivity contribution in [1.29, 1.82) is 0 Å². The number of ether oxygens (including phenoxy) is 2. The van der Waals surface area contributed by atoms with E-state index in [2.05, 4.69) is 20.3 Å². The van der Waals surface area contributed by atoms with Gasteiger partial charge in [0.1, 0.15) is 27.6 Å². The number of aryl methyl sites for hydroxylation is 1. The van der Waals surface area contributed by atoms with E-state index >= 15 is 0 Å². The number of benzene rings is 1. The first kappa shape index (κ1) is 19.8. The summed E-state index contributed by atoms with van der Waals surface area (Å²) in [6.07, 6.45) is 3.25. The quantitative estimate of drug-likeness (QED) is 0.422. The summed E-state index contributed by atoms with van der Waals surface area (Å²) in [5, 5.41) is 4.16. The second-order valence-corrected chi connectivity index (χ2v) is 7.45. The lowest BCUT2D eigenvalue weighted by Gasteiger charge is -2.08. The SMILES string of the molecule is CCOC(=O)c1sc2ncnc(NCc3ccc(Oc4ccccc4)nc3)c2c1C. The highest BCUT2D eigenvalue weighted by Gasteiger charge is 2.20. The normalized spacial score (nSPS) is 10.7. The summed E-state index contributed by atoms with van der Waals surface area (Å²) in [5.74, 6) is 1.61. The molecule has 4 aromatic rings. The van der Waals surface area contributed by atoms with Crippen molar-refractivity contribution in [2.75, 3.05) is 11.9 Å². The smallest absolute Gasteiger partial charge is 0.348 e. The fourth-order valence-corrected chi connectivity index (χ4v) is 4.01. The maximum absolute atomic E-state index is 12.2. The van der Waals surface area contributed by atoms with E-state index in [0.717, 1.165) is 27.1 Å². The van der Waals surface area contributed by atoms with E-state index in [9.17, 15) is 4.79 Å². The first-order chi connectivity index (χ1) is 14.7. The van der Waals surface area contributed by atoms with Crippen LogP contribution in [0.1, 0.15) is 27.7 Å². The zero-order valence-corrected chi connectivity index (χ0v) is 17.4. The number of hydrogen-bond acceptors (Lipinski definition) is 8. The minimum atomic E-state index is -0.331. The molecule has 7 nitrogen and oxygen atoms in total. The lowest BCUT2D eigenvalue weighted by atomic mass is 10.2. The lowest BCUT2D eigenvalue weighted by molar-refractivity contribution is 0.0531. The zero-order chi connectivity index (χ0) is 20.9. The number of pyridine rings is 1. The molecule has 3 aromatic heterocycles. The summed E-state index contributed by atoms with van der Waals surface area (Å²) in [6, 6.07) is 13.3. The van der Waals surface area contributed by atoms with Gasteiger partial charge in [0.15, 0.2) is 0 Å². The Hall–Kier alpha value is -3.52. The van der Waals surface area contributed by atoms with Crippen LogP contribution in [0.15, 0.2) is 55.0 Å². The number of nitrogens with zero attached hydrogens (tertiary/aromatic N) is 3. The van der Waals surface area contributed by atoms with Crippen molar-refractivity contribution in [3.05, 3.63) is 71.0 Å². The van der Waals surface area contributed by atoms with Crippen LogP contribution < -0.4 is 10.1 Å². The van der Waals surface area contributed by atoms with Gasteiger partial charge in [0.2, 0.25) is 5.88 Å². The monoisotopic (exact) mass is 420 g/mol. The molecular weight excluding hydrogens is 400 g/mol. The second kappa shape index (κ2) is 8.87. The number of rotatable bonds is 7. The number of hydrogen-bond donors (Lipinski definition) is 1. The van der Waals surface area contributed by atoms with Crippen LogP contribution >= 0.6 is 11.3 Å². The average Bonchev–Trinajstić information content (AvgIpc) is 3.11. The van der Waals surface area contributed by atoms with Crippen molar-refractivity contribution >= 4 is 33.3 Å². The molecule has 152 valence electrons. The Morgan fingerprint density at radius 3 is 2.67 bits per heavy atom. The van der Waals surface area contributed by atoms with E-state index in [-0.39, 0.29) is 5.97 Å². The molecule has 0 aliphatic rings. The summed E-state index contributed by atoms with van der Waals surface area (Å²) in [6.45, 7) is 4.53. The molecule has 0 saturated heterocycles. The molecule has 4 rings (SSSR count). The number of anilines is 1. The molecule has 0 unspecified atom stereocenters. The second-order valence-electron chi connectivity index (χ2n) is 6.45. The van der Waals surface area contributed by atoms with Gasteiger partial charge in [0.25, 0.3) is 0 Å². The maximum Gasteiger partial charge on any atom is 0.348 e. The molecule has 0 radical (unpaired) electrons. The lowest BCUT2D eigenvalue weighted by Crippen LogP contribution is -2.05. The van der Waals surface area contributed by atoms with Crippen molar-refractivity contribution < 1.29 is 14.3 Å². The fourth-order valence-electron chi connectivity index (χ4n) is 2.97. The summed E-state index contributed by atoms with van der Waals surface area (Å²) in [4.78, 5) is 26.5. The van der Waals surface area contributed by atoms with Crippen molar-refractivity contribution in [2.45, 2.75) is 20.4 Å². The molecule has 30 heavy (non-hydrogen) atoms. The number of esters is 1. The fraction of sp³-hybridized carbons (Fsp3) is 0.182. The predicted molar refractivity (Wildman–Crippen MR) is 116 cm³/mol. The number of aromatic nitrogens is 3. The van der Waals surface area contributed by atoms with E-state index in [1.54, 1.807) is 13.1 Å². The molecule has 0 spiro atoms. The van der Waals surface area contributed by atoms with Crippen LogP contribution in [0.2, 0.25) is 0 Å². The molecule has 8 heteroatoms. The van der Waals surface area contributed by atoms with Crippen molar-refractivity contribution in [3.63, 3.8) is 0 Å².